The van der Waals surface area contributed by atoms with E-state index in [0.29, 0.717) is 12.1 Å². The van der Waals surface area contributed by atoms with Crippen molar-refractivity contribution < 1.29 is 23.8 Å². The summed E-state index contributed by atoms with van der Waals surface area (Å²) < 4.78 is 17.9. The Morgan fingerprint density at radius 2 is 1.94 bits per heavy atom. The van der Waals surface area contributed by atoms with Crippen LogP contribution in [0.2, 0.25) is 0 Å². The summed E-state index contributed by atoms with van der Waals surface area (Å²) in [6.45, 7) is 2.84. The van der Waals surface area contributed by atoms with Gasteiger partial charge >= 0.3 is 0 Å². The maximum Gasteiger partial charge on any atom is 0.257 e. The van der Waals surface area contributed by atoms with E-state index in [0.717, 1.165) is 19.3 Å². The van der Waals surface area contributed by atoms with Crippen LogP contribution in [0.1, 0.15) is 42.1 Å². The number of benzene rings is 1. The van der Waals surface area contributed by atoms with Gasteiger partial charge in [-0.1, -0.05) is 13.0 Å². The number of nitriles is 1. The van der Waals surface area contributed by atoms with E-state index in [4.69, 9.17) is 14.2 Å². The van der Waals surface area contributed by atoms with Gasteiger partial charge in [-0.15, -0.1) is 0 Å². The van der Waals surface area contributed by atoms with Gasteiger partial charge in [-0.2, -0.15) is 5.26 Å². The fourth-order valence-corrected chi connectivity index (χ4v) is 4.28. The molecule has 0 unspecified atom stereocenters. The Bertz CT molecular complexity index is 852. The molecule has 0 aliphatic carbocycles. The van der Waals surface area contributed by atoms with Crippen molar-refractivity contribution >= 4 is 11.8 Å². The van der Waals surface area contributed by atoms with Crippen molar-refractivity contribution in [2.24, 2.45) is 5.92 Å². The Morgan fingerprint density at radius 3 is 2.65 bits per heavy atom. The molecule has 31 heavy (non-hydrogen) atoms. The number of hydrogen-bond acceptors (Lipinski definition) is 6. The fourth-order valence-electron chi connectivity index (χ4n) is 4.28. The molecule has 1 fully saturated rings. The first-order valence-corrected chi connectivity index (χ1v) is 10.7. The van der Waals surface area contributed by atoms with Crippen LogP contribution < -0.4 is 4.74 Å². The Morgan fingerprint density at radius 1 is 1.16 bits per heavy atom. The smallest absolute Gasteiger partial charge is 0.257 e. The van der Waals surface area contributed by atoms with Gasteiger partial charge in [-0.25, -0.2) is 0 Å². The summed E-state index contributed by atoms with van der Waals surface area (Å²) in [6, 6.07) is 7.04. The first kappa shape index (κ1) is 23.0. The second kappa shape index (κ2) is 10.1. The van der Waals surface area contributed by atoms with Crippen LogP contribution in [0.3, 0.4) is 0 Å². The summed E-state index contributed by atoms with van der Waals surface area (Å²) in [5.41, 5.74) is 0.583. The molecule has 2 bridgehead atoms. The van der Waals surface area contributed by atoms with Crippen molar-refractivity contribution in [1.82, 2.24) is 9.80 Å². The van der Waals surface area contributed by atoms with Gasteiger partial charge in [-0.3, -0.25) is 9.59 Å². The number of fused-ring (bicyclic) bond motifs is 3. The van der Waals surface area contributed by atoms with Crippen LogP contribution in [0.25, 0.3) is 0 Å². The summed E-state index contributed by atoms with van der Waals surface area (Å²) in [4.78, 5) is 29.2. The molecule has 2 aliphatic heterocycles. The van der Waals surface area contributed by atoms with Crippen molar-refractivity contribution in [2.45, 2.75) is 44.5 Å². The van der Waals surface area contributed by atoms with Crippen LogP contribution in [0.5, 0.6) is 5.75 Å². The third-order valence-electron chi connectivity index (χ3n) is 6.09. The Kier molecular flexibility index (Phi) is 7.52. The summed E-state index contributed by atoms with van der Waals surface area (Å²) in [7, 11) is 5.09. The quantitative estimate of drug-likeness (QED) is 0.679. The lowest BCUT2D eigenvalue weighted by molar-refractivity contribution is -0.146. The van der Waals surface area contributed by atoms with E-state index in [1.165, 1.54) is 4.90 Å². The van der Waals surface area contributed by atoms with Crippen LogP contribution >= 0.6 is 0 Å². The second-order valence-corrected chi connectivity index (χ2v) is 8.39. The van der Waals surface area contributed by atoms with Crippen molar-refractivity contribution in [3.63, 3.8) is 0 Å². The lowest BCUT2D eigenvalue weighted by Gasteiger charge is -2.36. The van der Waals surface area contributed by atoms with Gasteiger partial charge in [0.25, 0.3) is 5.91 Å². The van der Waals surface area contributed by atoms with E-state index in [1.54, 1.807) is 44.3 Å². The normalized spacial score (nSPS) is 28.1. The summed E-state index contributed by atoms with van der Waals surface area (Å²) in [5, 5.41) is 9.57. The number of rotatable bonds is 1. The SMILES string of the molecule is CO[C@@H]1CC[C@H]2CCN(C)C(=O)[C@H](C)CN(C)C(=O)c3cccc(C#N)c3OC[C@H]1O2. The first-order chi connectivity index (χ1) is 14.8. The molecule has 4 atom stereocenters. The van der Waals surface area contributed by atoms with Crippen LogP contribution in [0.4, 0.5) is 0 Å². The lowest BCUT2D eigenvalue weighted by atomic mass is 9.99. The van der Waals surface area contributed by atoms with E-state index >= 15 is 0 Å². The zero-order valence-corrected chi connectivity index (χ0v) is 18.7. The van der Waals surface area contributed by atoms with Crippen LogP contribution in [0.15, 0.2) is 18.2 Å². The lowest BCUT2D eigenvalue weighted by Crippen LogP contribution is -2.45. The largest absolute Gasteiger partial charge is 0.489 e. The molecular weight excluding hydrogens is 398 g/mol. The molecule has 0 spiro atoms. The highest BCUT2D eigenvalue weighted by atomic mass is 16.6. The molecule has 2 amide bonds. The Hall–Kier alpha value is -2.63. The maximum atomic E-state index is 13.2. The molecule has 8 nitrogen and oxygen atoms in total. The van der Waals surface area contributed by atoms with E-state index in [2.05, 4.69) is 6.07 Å². The van der Waals surface area contributed by atoms with Crippen LogP contribution in [-0.2, 0) is 14.3 Å². The van der Waals surface area contributed by atoms with Gasteiger partial charge in [0.15, 0.2) is 0 Å². The summed E-state index contributed by atoms with van der Waals surface area (Å²) in [6.07, 6.45) is 1.90. The minimum atomic E-state index is -0.356. The van der Waals surface area contributed by atoms with Crippen molar-refractivity contribution in [3.05, 3.63) is 29.3 Å². The topological polar surface area (TPSA) is 92.1 Å². The van der Waals surface area contributed by atoms with E-state index in [9.17, 15) is 14.9 Å². The molecule has 3 rings (SSSR count). The molecular formula is C23H31N3O5. The molecule has 8 heteroatoms. The van der Waals surface area contributed by atoms with Gasteiger partial charge in [0, 0.05) is 34.3 Å². The molecule has 1 saturated heterocycles. The molecule has 0 saturated carbocycles. The van der Waals surface area contributed by atoms with Crippen molar-refractivity contribution in [1.29, 1.82) is 5.26 Å². The molecule has 2 aliphatic rings. The molecule has 168 valence electrons. The van der Waals surface area contributed by atoms with E-state index in [1.807, 2.05) is 6.92 Å². The molecule has 0 aromatic heterocycles. The van der Waals surface area contributed by atoms with Gasteiger partial charge < -0.3 is 24.0 Å². The predicted octanol–water partition coefficient (Wildman–Crippen LogP) is 2.07. The second-order valence-electron chi connectivity index (χ2n) is 8.39. The average Bonchev–Trinajstić information content (AvgIpc) is 2.79. The van der Waals surface area contributed by atoms with Gasteiger partial charge in [0.2, 0.25) is 5.91 Å². The third kappa shape index (κ3) is 5.17. The number of hydrogen-bond donors (Lipinski definition) is 0. The average molecular weight is 430 g/mol. The number of ether oxygens (including phenoxy) is 3. The number of carbonyl (C=O) groups is 2. The highest BCUT2D eigenvalue weighted by Gasteiger charge is 2.33. The highest BCUT2D eigenvalue weighted by molar-refractivity contribution is 5.97. The number of methoxy groups -OCH3 is 1. The molecule has 1 aromatic rings. The predicted molar refractivity (Wildman–Crippen MR) is 114 cm³/mol. The van der Waals surface area contributed by atoms with Gasteiger partial charge in [0.05, 0.1) is 29.3 Å². The molecule has 0 N–H and O–H groups in total. The van der Waals surface area contributed by atoms with E-state index in [-0.39, 0.29) is 60.5 Å². The zero-order chi connectivity index (χ0) is 22.5. The van der Waals surface area contributed by atoms with Crippen LogP contribution in [0, 0.1) is 17.2 Å². The summed E-state index contributed by atoms with van der Waals surface area (Å²) >= 11 is 0. The Labute approximate surface area is 183 Å². The maximum absolute atomic E-state index is 13.2. The summed E-state index contributed by atoms with van der Waals surface area (Å²) in [5.74, 6) is -0.423. The zero-order valence-electron chi connectivity index (χ0n) is 18.7. The minimum absolute atomic E-state index is 0.00864. The standard InChI is InChI=1S/C23H31N3O5/c1-15-13-26(3)23(28)18-7-5-6-16(12-24)21(18)30-14-20-19(29-4)9-8-17(31-20)10-11-25(2)22(15)27/h5-7,15,17,19-20H,8-11,13-14H2,1-4H3/t15-,17+,19-,20-/m1/s1. The number of carbonyl (C=O) groups excluding carboxylic acids is 2. The third-order valence-corrected chi connectivity index (χ3v) is 6.09. The molecule has 1 aromatic carbocycles. The number of para-hydroxylation sites is 1. The highest BCUT2D eigenvalue weighted by Crippen LogP contribution is 2.29. The van der Waals surface area contributed by atoms with Crippen molar-refractivity contribution in [2.75, 3.05) is 40.9 Å². The molecule has 2 heterocycles. The number of nitrogens with zero attached hydrogens (tertiary/aromatic N) is 3. The van der Waals surface area contributed by atoms with Gasteiger partial charge in [-0.05, 0) is 31.4 Å². The van der Waals surface area contributed by atoms with Gasteiger partial charge in [0.1, 0.15) is 24.5 Å². The molecule has 0 radical (unpaired) electrons. The van der Waals surface area contributed by atoms with E-state index < -0.39 is 0 Å². The Balaban J connectivity index is 1.96. The monoisotopic (exact) mass is 429 g/mol. The fraction of sp³-hybridized carbons (Fsp3) is 0.609. The number of amides is 2. The minimum Gasteiger partial charge on any atom is -0.489 e. The van der Waals surface area contributed by atoms with Crippen LogP contribution in [-0.4, -0.2) is 80.8 Å². The first-order valence-electron chi connectivity index (χ1n) is 10.7. The van der Waals surface area contributed by atoms with Crippen molar-refractivity contribution in [3.8, 4) is 11.8 Å².